The summed E-state index contributed by atoms with van der Waals surface area (Å²) in [6, 6.07) is 18.8. The molecule has 0 fully saturated rings. The highest BCUT2D eigenvalue weighted by Crippen LogP contribution is 2.20. The number of aromatic nitrogens is 3. The molecule has 24 heavy (non-hydrogen) atoms. The maximum Gasteiger partial charge on any atom is 0.212 e. The van der Waals surface area contributed by atoms with E-state index < -0.39 is 0 Å². The summed E-state index contributed by atoms with van der Waals surface area (Å²) < 4.78 is 1.71. The molecule has 122 valence electrons. The minimum absolute atomic E-state index is 0.537. The number of nitrogens with zero attached hydrogens (tertiary/aromatic N) is 4. The summed E-state index contributed by atoms with van der Waals surface area (Å²) in [5, 5.41) is 13.4. The van der Waals surface area contributed by atoms with Gasteiger partial charge in [-0.2, -0.15) is 9.78 Å². The van der Waals surface area contributed by atoms with Crippen molar-refractivity contribution in [3.05, 3.63) is 77.6 Å². The van der Waals surface area contributed by atoms with Crippen LogP contribution in [0.3, 0.4) is 0 Å². The molecule has 4 nitrogen and oxygen atoms in total. The van der Waals surface area contributed by atoms with Crippen molar-refractivity contribution in [2.75, 3.05) is 0 Å². The first kappa shape index (κ1) is 16.5. The Kier molecular flexibility index (Phi) is 5.43. The standard InChI is InChI=1S/C19H20N4S/c1-15(2)18-10-8-16(9-11-18)12-21-23-14-20-22-19(23)24-13-17-6-4-3-5-7-17/h3-12,14-15H,13H2,1-2H3. The molecule has 2 aromatic carbocycles. The van der Waals surface area contributed by atoms with Gasteiger partial charge in [0.05, 0.1) is 6.21 Å². The molecular formula is C19H20N4S. The zero-order valence-corrected chi connectivity index (χ0v) is 14.6. The predicted molar refractivity (Wildman–Crippen MR) is 99.5 cm³/mol. The summed E-state index contributed by atoms with van der Waals surface area (Å²) in [5.41, 5.74) is 3.65. The fourth-order valence-electron chi connectivity index (χ4n) is 2.21. The van der Waals surface area contributed by atoms with Crippen molar-refractivity contribution in [2.45, 2.75) is 30.7 Å². The molecule has 3 aromatic rings. The lowest BCUT2D eigenvalue weighted by atomic mass is 10.0. The van der Waals surface area contributed by atoms with Gasteiger partial charge < -0.3 is 0 Å². The Hall–Kier alpha value is -2.40. The molecule has 0 N–H and O–H groups in total. The molecule has 1 heterocycles. The zero-order chi connectivity index (χ0) is 16.8. The summed E-state index contributed by atoms with van der Waals surface area (Å²) in [6.07, 6.45) is 3.46. The Morgan fingerprint density at radius 2 is 1.83 bits per heavy atom. The molecule has 0 bridgehead atoms. The van der Waals surface area contributed by atoms with Crippen molar-refractivity contribution in [1.29, 1.82) is 0 Å². The summed E-state index contributed by atoms with van der Waals surface area (Å²) >= 11 is 1.62. The molecule has 3 rings (SSSR count). The van der Waals surface area contributed by atoms with Gasteiger partial charge in [-0.3, -0.25) is 0 Å². The van der Waals surface area contributed by atoms with E-state index in [9.17, 15) is 0 Å². The Labute approximate surface area is 146 Å². The van der Waals surface area contributed by atoms with Crippen molar-refractivity contribution in [3.63, 3.8) is 0 Å². The molecule has 0 radical (unpaired) electrons. The SMILES string of the molecule is CC(C)c1ccc(C=Nn2cnnc2SCc2ccccc2)cc1. The van der Waals surface area contributed by atoms with E-state index in [1.165, 1.54) is 11.1 Å². The van der Waals surface area contributed by atoms with Crippen molar-refractivity contribution in [3.8, 4) is 0 Å². The van der Waals surface area contributed by atoms with Crippen LogP contribution in [0.2, 0.25) is 0 Å². The van der Waals surface area contributed by atoms with Gasteiger partial charge in [0.1, 0.15) is 6.33 Å². The predicted octanol–water partition coefficient (Wildman–Crippen LogP) is 4.58. The highest BCUT2D eigenvalue weighted by atomic mass is 32.2. The van der Waals surface area contributed by atoms with Crippen LogP contribution in [-0.2, 0) is 5.75 Å². The molecule has 0 unspecified atom stereocenters. The number of hydrogen-bond acceptors (Lipinski definition) is 4. The lowest BCUT2D eigenvalue weighted by Crippen LogP contribution is -1.93. The molecule has 0 amide bonds. The first-order valence-electron chi connectivity index (χ1n) is 7.93. The fraction of sp³-hybridized carbons (Fsp3) is 0.211. The highest BCUT2D eigenvalue weighted by molar-refractivity contribution is 7.98. The van der Waals surface area contributed by atoms with E-state index in [4.69, 9.17) is 0 Å². The second kappa shape index (κ2) is 7.93. The second-order valence-electron chi connectivity index (χ2n) is 5.80. The van der Waals surface area contributed by atoms with E-state index in [0.717, 1.165) is 16.5 Å². The molecule has 0 aliphatic rings. The number of thioether (sulfide) groups is 1. The Balaban J connectivity index is 1.66. The summed E-state index contributed by atoms with van der Waals surface area (Å²) in [7, 11) is 0. The van der Waals surface area contributed by atoms with E-state index in [1.54, 1.807) is 22.8 Å². The topological polar surface area (TPSA) is 43.1 Å². The van der Waals surface area contributed by atoms with E-state index in [-0.39, 0.29) is 0 Å². The third-order valence-corrected chi connectivity index (χ3v) is 4.65. The van der Waals surface area contributed by atoms with E-state index in [0.29, 0.717) is 5.92 Å². The first-order valence-corrected chi connectivity index (χ1v) is 8.92. The average Bonchev–Trinajstić information content (AvgIpc) is 3.07. The van der Waals surface area contributed by atoms with Crippen LogP contribution < -0.4 is 0 Å². The lowest BCUT2D eigenvalue weighted by Gasteiger charge is -2.04. The highest BCUT2D eigenvalue weighted by Gasteiger charge is 2.04. The molecule has 1 aromatic heterocycles. The van der Waals surface area contributed by atoms with Gasteiger partial charge in [-0.05, 0) is 22.6 Å². The monoisotopic (exact) mass is 336 g/mol. The second-order valence-corrected chi connectivity index (χ2v) is 6.74. The molecule has 0 spiro atoms. The van der Waals surface area contributed by atoms with Crippen molar-refractivity contribution >= 4 is 18.0 Å². The van der Waals surface area contributed by atoms with Gasteiger partial charge in [0, 0.05) is 5.75 Å². The van der Waals surface area contributed by atoms with Crippen LogP contribution in [0.4, 0.5) is 0 Å². The lowest BCUT2D eigenvalue weighted by molar-refractivity contribution is 0.767. The Morgan fingerprint density at radius 1 is 1.08 bits per heavy atom. The van der Waals surface area contributed by atoms with Gasteiger partial charge in [0.25, 0.3) is 0 Å². The molecule has 0 atom stereocenters. The number of rotatable bonds is 6. The van der Waals surface area contributed by atoms with Crippen LogP contribution in [0.15, 0.2) is 71.2 Å². The molecule has 0 aliphatic carbocycles. The van der Waals surface area contributed by atoms with Crippen LogP contribution in [0.25, 0.3) is 0 Å². The molecule has 0 aliphatic heterocycles. The third kappa shape index (κ3) is 4.32. The van der Waals surface area contributed by atoms with E-state index in [2.05, 4.69) is 65.5 Å². The largest absolute Gasteiger partial charge is 0.212 e. The van der Waals surface area contributed by atoms with Crippen LogP contribution in [-0.4, -0.2) is 21.1 Å². The Morgan fingerprint density at radius 3 is 2.54 bits per heavy atom. The zero-order valence-electron chi connectivity index (χ0n) is 13.8. The quantitative estimate of drug-likeness (QED) is 0.489. The summed E-state index contributed by atoms with van der Waals surface area (Å²) in [6.45, 7) is 4.38. The first-order chi connectivity index (χ1) is 11.7. The minimum Gasteiger partial charge on any atom is -0.195 e. The van der Waals surface area contributed by atoms with Crippen molar-refractivity contribution in [1.82, 2.24) is 14.9 Å². The van der Waals surface area contributed by atoms with E-state index >= 15 is 0 Å². The van der Waals surface area contributed by atoms with E-state index in [1.807, 2.05) is 24.4 Å². The maximum atomic E-state index is 4.47. The molecular weight excluding hydrogens is 316 g/mol. The molecule has 0 saturated heterocycles. The van der Waals surface area contributed by atoms with Crippen LogP contribution >= 0.6 is 11.8 Å². The Bertz CT molecular complexity index is 792. The van der Waals surface area contributed by atoms with Gasteiger partial charge in [-0.1, -0.05) is 80.2 Å². The normalized spacial score (nSPS) is 11.5. The number of benzene rings is 2. The minimum atomic E-state index is 0.537. The van der Waals surface area contributed by atoms with Crippen LogP contribution in [0.5, 0.6) is 0 Å². The van der Waals surface area contributed by atoms with Gasteiger partial charge in [-0.25, -0.2) is 0 Å². The fourth-order valence-corrected chi connectivity index (χ4v) is 3.03. The number of hydrogen-bond donors (Lipinski definition) is 0. The van der Waals surface area contributed by atoms with Crippen molar-refractivity contribution in [2.24, 2.45) is 5.10 Å². The van der Waals surface area contributed by atoms with Gasteiger partial charge in [-0.15, -0.1) is 10.2 Å². The smallest absolute Gasteiger partial charge is 0.195 e. The van der Waals surface area contributed by atoms with Gasteiger partial charge >= 0.3 is 0 Å². The van der Waals surface area contributed by atoms with Crippen molar-refractivity contribution < 1.29 is 0 Å². The van der Waals surface area contributed by atoms with Crippen LogP contribution in [0.1, 0.15) is 36.5 Å². The maximum absolute atomic E-state index is 4.47. The summed E-state index contributed by atoms with van der Waals surface area (Å²) in [5.74, 6) is 1.38. The average molecular weight is 336 g/mol. The van der Waals surface area contributed by atoms with Crippen LogP contribution in [0, 0.1) is 0 Å². The van der Waals surface area contributed by atoms with Gasteiger partial charge in [0.15, 0.2) is 0 Å². The molecule has 0 saturated carbocycles. The summed E-state index contributed by atoms with van der Waals surface area (Å²) in [4.78, 5) is 0. The van der Waals surface area contributed by atoms with Gasteiger partial charge in [0.2, 0.25) is 5.16 Å². The molecule has 5 heteroatoms. The third-order valence-electron chi connectivity index (χ3n) is 3.65.